The summed E-state index contributed by atoms with van der Waals surface area (Å²) in [4.78, 5) is 12.8. The average molecular weight is 367 g/mol. The van der Waals surface area contributed by atoms with E-state index in [1.165, 1.54) is 22.4 Å². The molecule has 1 atom stereocenters. The molecule has 1 heterocycles. The van der Waals surface area contributed by atoms with E-state index in [0.717, 1.165) is 12.0 Å². The van der Waals surface area contributed by atoms with Gasteiger partial charge in [0.05, 0.1) is 0 Å². The van der Waals surface area contributed by atoms with Crippen LogP contribution in [-0.2, 0) is 17.6 Å². The summed E-state index contributed by atoms with van der Waals surface area (Å²) in [6, 6.07) is 13.8. The van der Waals surface area contributed by atoms with Crippen molar-refractivity contribution in [1.82, 2.24) is 25.5 Å². The van der Waals surface area contributed by atoms with E-state index in [4.69, 9.17) is 0 Å². The highest BCUT2D eigenvalue weighted by Gasteiger charge is 2.24. The van der Waals surface area contributed by atoms with Gasteiger partial charge in [-0.05, 0) is 54.0 Å². The Kier molecular flexibility index (Phi) is 5.90. The molecule has 1 aromatic heterocycles. The molecule has 3 rings (SSSR count). The van der Waals surface area contributed by atoms with Gasteiger partial charge >= 0.3 is 0 Å². The molecule has 1 unspecified atom stereocenters. The van der Waals surface area contributed by atoms with Crippen LogP contribution < -0.4 is 5.32 Å². The lowest BCUT2D eigenvalue weighted by Crippen LogP contribution is -2.36. The Morgan fingerprint density at radius 3 is 2.63 bits per heavy atom. The lowest BCUT2D eigenvalue weighted by molar-refractivity contribution is -0.124. The van der Waals surface area contributed by atoms with Gasteiger partial charge in [0.15, 0.2) is 0 Å². The third-order valence-electron chi connectivity index (χ3n) is 4.37. The van der Waals surface area contributed by atoms with Crippen molar-refractivity contribution in [2.45, 2.75) is 32.7 Å². The quantitative estimate of drug-likeness (QED) is 0.697. The molecule has 0 saturated heterocycles. The molecule has 0 radical (unpaired) electrons. The van der Waals surface area contributed by atoms with Crippen LogP contribution in [-0.4, -0.2) is 32.7 Å². The van der Waals surface area contributed by atoms with Gasteiger partial charge in [0.2, 0.25) is 5.91 Å². The Morgan fingerprint density at radius 2 is 1.93 bits per heavy atom. The van der Waals surface area contributed by atoms with E-state index in [1.807, 2.05) is 25.1 Å². The zero-order chi connectivity index (χ0) is 19.2. The van der Waals surface area contributed by atoms with Gasteiger partial charge in [0, 0.05) is 13.0 Å². The molecule has 6 nitrogen and oxygen atoms in total. The number of nitrogens with one attached hydrogen (secondary N) is 1. The molecule has 0 aliphatic rings. The van der Waals surface area contributed by atoms with Crippen molar-refractivity contribution in [3.63, 3.8) is 0 Å². The van der Waals surface area contributed by atoms with Crippen LogP contribution in [0.25, 0.3) is 0 Å². The second-order valence-electron chi connectivity index (χ2n) is 6.55. The Balaban J connectivity index is 1.70. The van der Waals surface area contributed by atoms with Crippen LogP contribution >= 0.6 is 0 Å². The number of aryl methyl sites for hydroxylation is 2. The molecule has 0 fully saturated rings. The number of hydrogen-bond donors (Lipinski definition) is 1. The van der Waals surface area contributed by atoms with Crippen molar-refractivity contribution in [1.29, 1.82) is 0 Å². The van der Waals surface area contributed by atoms with E-state index in [-0.39, 0.29) is 11.7 Å². The number of halogens is 1. The topological polar surface area (TPSA) is 72.7 Å². The molecule has 7 heteroatoms. The second-order valence-corrected chi connectivity index (χ2v) is 6.55. The Labute approximate surface area is 157 Å². The van der Waals surface area contributed by atoms with Crippen molar-refractivity contribution in [2.75, 3.05) is 6.54 Å². The number of aromatic nitrogens is 4. The van der Waals surface area contributed by atoms with Crippen LogP contribution in [0.2, 0.25) is 0 Å². The van der Waals surface area contributed by atoms with Gasteiger partial charge in [-0.2, -0.15) is 0 Å². The van der Waals surface area contributed by atoms with Gasteiger partial charge in [-0.1, -0.05) is 42.0 Å². The van der Waals surface area contributed by atoms with Gasteiger partial charge < -0.3 is 5.32 Å². The van der Waals surface area contributed by atoms with Gasteiger partial charge in [-0.3, -0.25) is 4.79 Å². The highest BCUT2D eigenvalue weighted by atomic mass is 19.1. The number of amides is 1. The number of tetrazole rings is 1. The zero-order valence-corrected chi connectivity index (χ0v) is 15.4. The summed E-state index contributed by atoms with van der Waals surface area (Å²) in [5, 5.41) is 14.4. The number of nitrogens with zero attached hydrogens (tertiary/aromatic N) is 4. The monoisotopic (exact) mass is 367 g/mol. The highest BCUT2D eigenvalue weighted by Crippen LogP contribution is 2.16. The molecule has 0 aliphatic heterocycles. The molecule has 0 bridgehead atoms. The minimum absolute atomic E-state index is 0.192. The summed E-state index contributed by atoms with van der Waals surface area (Å²) >= 11 is 0. The normalized spacial score (nSPS) is 12.0. The minimum atomic E-state index is -0.640. The van der Waals surface area contributed by atoms with E-state index >= 15 is 0 Å². The molecule has 1 amide bonds. The van der Waals surface area contributed by atoms with Crippen LogP contribution in [0.15, 0.2) is 48.5 Å². The SMILES string of the molecule is Cc1cccc(CCNC(=O)C(Cc2cccc(F)c2)n2nnnc2C)c1. The zero-order valence-electron chi connectivity index (χ0n) is 15.4. The second kappa shape index (κ2) is 8.53. The molecular weight excluding hydrogens is 345 g/mol. The lowest BCUT2D eigenvalue weighted by atomic mass is 10.0. The number of carbonyl (C=O) groups is 1. The Morgan fingerprint density at radius 1 is 1.15 bits per heavy atom. The van der Waals surface area contributed by atoms with Crippen LogP contribution in [0, 0.1) is 19.7 Å². The van der Waals surface area contributed by atoms with Crippen molar-refractivity contribution in [3.8, 4) is 0 Å². The number of hydrogen-bond acceptors (Lipinski definition) is 4. The first-order valence-electron chi connectivity index (χ1n) is 8.85. The smallest absolute Gasteiger partial charge is 0.245 e. The van der Waals surface area contributed by atoms with Crippen molar-refractivity contribution < 1.29 is 9.18 Å². The first-order valence-corrected chi connectivity index (χ1v) is 8.85. The molecular formula is C20H22FN5O. The molecule has 2 aromatic carbocycles. The van der Waals surface area contributed by atoms with Crippen molar-refractivity contribution in [2.24, 2.45) is 0 Å². The maximum Gasteiger partial charge on any atom is 0.245 e. The predicted octanol–water partition coefficient (Wildman–Crippen LogP) is 2.57. The highest BCUT2D eigenvalue weighted by molar-refractivity contribution is 5.80. The van der Waals surface area contributed by atoms with Gasteiger partial charge in [-0.25, -0.2) is 9.07 Å². The van der Waals surface area contributed by atoms with E-state index in [1.54, 1.807) is 19.1 Å². The van der Waals surface area contributed by atoms with E-state index in [0.29, 0.717) is 24.4 Å². The molecule has 0 saturated carbocycles. The largest absolute Gasteiger partial charge is 0.354 e. The maximum absolute atomic E-state index is 13.5. The summed E-state index contributed by atoms with van der Waals surface area (Å²) < 4.78 is 15.0. The molecule has 1 N–H and O–H groups in total. The molecule has 27 heavy (non-hydrogen) atoms. The summed E-state index contributed by atoms with van der Waals surface area (Å²) in [6.07, 6.45) is 1.04. The predicted molar refractivity (Wildman–Crippen MR) is 99.6 cm³/mol. The summed E-state index contributed by atoms with van der Waals surface area (Å²) in [5.41, 5.74) is 3.06. The van der Waals surface area contributed by atoms with E-state index in [2.05, 4.69) is 26.9 Å². The van der Waals surface area contributed by atoms with E-state index in [9.17, 15) is 9.18 Å². The number of rotatable bonds is 7. The number of carbonyl (C=O) groups excluding carboxylic acids is 1. The lowest BCUT2D eigenvalue weighted by Gasteiger charge is -2.18. The fraction of sp³-hybridized carbons (Fsp3) is 0.300. The first kappa shape index (κ1) is 18.7. The molecule has 0 aliphatic carbocycles. The minimum Gasteiger partial charge on any atom is -0.354 e. The van der Waals surface area contributed by atoms with E-state index < -0.39 is 6.04 Å². The van der Waals surface area contributed by atoms with Gasteiger partial charge in [0.25, 0.3) is 0 Å². The molecule has 140 valence electrons. The maximum atomic E-state index is 13.5. The molecule has 3 aromatic rings. The van der Waals surface area contributed by atoms with Crippen molar-refractivity contribution in [3.05, 3.63) is 76.9 Å². The summed E-state index contributed by atoms with van der Waals surface area (Å²) in [6.45, 7) is 4.28. The number of benzene rings is 2. The van der Waals surface area contributed by atoms with Gasteiger partial charge in [0.1, 0.15) is 17.7 Å². The fourth-order valence-corrected chi connectivity index (χ4v) is 3.02. The van der Waals surface area contributed by atoms with Crippen LogP contribution in [0.4, 0.5) is 4.39 Å². The van der Waals surface area contributed by atoms with Crippen LogP contribution in [0.1, 0.15) is 28.6 Å². The fourth-order valence-electron chi connectivity index (χ4n) is 3.02. The third-order valence-corrected chi connectivity index (χ3v) is 4.37. The third kappa shape index (κ3) is 4.97. The summed E-state index contributed by atoms with van der Waals surface area (Å²) in [5.74, 6) is 0.00657. The van der Waals surface area contributed by atoms with Crippen LogP contribution in [0.5, 0.6) is 0 Å². The van der Waals surface area contributed by atoms with Crippen LogP contribution in [0.3, 0.4) is 0 Å². The van der Waals surface area contributed by atoms with Crippen molar-refractivity contribution >= 4 is 5.91 Å². The Hall–Kier alpha value is -3.09. The van der Waals surface area contributed by atoms with Gasteiger partial charge in [-0.15, -0.1) is 5.10 Å². The summed E-state index contributed by atoms with van der Waals surface area (Å²) in [7, 11) is 0. The average Bonchev–Trinajstić information content (AvgIpc) is 3.05. The first-order chi connectivity index (χ1) is 13.0. The molecule has 0 spiro atoms. The standard InChI is InChI=1S/C20H22FN5O/c1-14-5-3-6-16(11-14)9-10-22-20(27)19(26-15(2)23-24-25-26)13-17-7-4-8-18(21)12-17/h3-8,11-12,19H,9-10,13H2,1-2H3,(H,22,27). The Bertz CT molecular complexity index is 924.